The van der Waals surface area contributed by atoms with Gasteiger partial charge in [-0.3, -0.25) is 4.68 Å². The van der Waals surface area contributed by atoms with E-state index in [1.807, 2.05) is 4.68 Å². The summed E-state index contributed by atoms with van der Waals surface area (Å²) in [5.41, 5.74) is 8.65. The Kier molecular flexibility index (Phi) is 7.23. The molecular formula is C17H34N4. The first-order valence-corrected chi connectivity index (χ1v) is 8.51. The number of anilines is 1. The highest BCUT2D eigenvalue weighted by molar-refractivity contribution is 5.50. The lowest BCUT2D eigenvalue weighted by atomic mass is 10.0. The van der Waals surface area contributed by atoms with Gasteiger partial charge in [0.05, 0.1) is 5.69 Å². The summed E-state index contributed by atoms with van der Waals surface area (Å²) in [7, 11) is 2.05. The number of hydrogen-bond acceptors (Lipinski definition) is 3. The molecule has 1 atom stereocenters. The molecule has 0 aliphatic heterocycles. The predicted molar refractivity (Wildman–Crippen MR) is 91.9 cm³/mol. The van der Waals surface area contributed by atoms with Gasteiger partial charge < -0.3 is 10.6 Å². The number of rotatable bonds is 9. The van der Waals surface area contributed by atoms with E-state index in [1.165, 1.54) is 24.2 Å². The topological polar surface area (TPSA) is 47.1 Å². The Hall–Kier alpha value is -1.03. The van der Waals surface area contributed by atoms with Crippen molar-refractivity contribution in [2.75, 3.05) is 18.0 Å². The second-order valence-corrected chi connectivity index (χ2v) is 6.10. The third-order valence-electron chi connectivity index (χ3n) is 4.62. The van der Waals surface area contributed by atoms with E-state index >= 15 is 0 Å². The minimum atomic E-state index is 0.221. The van der Waals surface area contributed by atoms with E-state index in [0.717, 1.165) is 37.5 Å². The van der Waals surface area contributed by atoms with Crippen LogP contribution in [0.15, 0.2) is 0 Å². The summed E-state index contributed by atoms with van der Waals surface area (Å²) in [6.07, 6.45) is 4.39. The second-order valence-electron chi connectivity index (χ2n) is 6.10. The monoisotopic (exact) mass is 294 g/mol. The zero-order chi connectivity index (χ0) is 16.0. The van der Waals surface area contributed by atoms with Crippen LogP contribution in [0.2, 0.25) is 0 Å². The van der Waals surface area contributed by atoms with Crippen LogP contribution in [-0.4, -0.2) is 28.9 Å². The molecule has 0 aliphatic carbocycles. The molecule has 0 saturated heterocycles. The van der Waals surface area contributed by atoms with Crippen molar-refractivity contribution in [3.8, 4) is 0 Å². The van der Waals surface area contributed by atoms with Gasteiger partial charge in [0.25, 0.3) is 0 Å². The van der Waals surface area contributed by atoms with Crippen LogP contribution in [-0.2, 0) is 13.5 Å². The van der Waals surface area contributed by atoms with E-state index < -0.39 is 0 Å². The molecule has 21 heavy (non-hydrogen) atoms. The van der Waals surface area contributed by atoms with Gasteiger partial charge in [0.1, 0.15) is 5.82 Å². The van der Waals surface area contributed by atoms with Crippen molar-refractivity contribution >= 4 is 5.82 Å². The number of aryl methyl sites for hydroxylation is 2. The largest absolute Gasteiger partial charge is 0.357 e. The van der Waals surface area contributed by atoms with Gasteiger partial charge >= 0.3 is 0 Å². The first-order valence-electron chi connectivity index (χ1n) is 8.51. The van der Waals surface area contributed by atoms with Gasteiger partial charge in [0.15, 0.2) is 0 Å². The molecule has 4 heteroatoms. The summed E-state index contributed by atoms with van der Waals surface area (Å²) in [5, 5.41) is 4.65. The van der Waals surface area contributed by atoms with E-state index in [2.05, 4.69) is 51.7 Å². The molecule has 0 fully saturated rings. The molecular weight excluding hydrogens is 260 g/mol. The summed E-state index contributed by atoms with van der Waals surface area (Å²) in [5.74, 6) is 2.01. The fourth-order valence-corrected chi connectivity index (χ4v) is 2.95. The maximum atomic E-state index is 6.19. The molecule has 0 amide bonds. The van der Waals surface area contributed by atoms with Crippen molar-refractivity contribution in [1.29, 1.82) is 0 Å². The van der Waals surface area contributed by atoms with E-state index in [0.29, 0.717) is 0 Å². The third-order valence-corrected chi connectivity index (χ3v) is 4.62. The van der Waals surface area contributed by atoms with Gasteiger partial charge in [-0.05, 0) is 32.6 Å². The standard InChI is InChI=1S/C17H34N4/c1-7-14(8-2)12-21(10-4)17-16(11-15(18)9-3)13(5)19-20(17)6/h14-15H,7-12,18H2,1-6H3. The fourth-order valence-electron chi connectivity index (χ4n) is 2.95. The molecule has 0 bridgehead atoms. The minimum Gasteiger partial charge on any atom is -0.357 e. The van der Waals surface area contributed by atoms with Gasteiger partial charge in [0, 0.05) is 31.7 Å². The molecule has 0 radical (unpaired) electrons. The van der Waals surface area contributed by atoms with E-state index in [1.54, 1.807) is 0 Å². The smallest absolute Gasteiger partial charge is 0.130 e. The van der Waals surface area contributed by atoms with E-state index in [9.17, 15) is 0 Å². The molecule has 1 heterocycles. The Morgan fingerprint density at radius 3 is 2.24 bits per heavy atom. The lowest BCUT2D eigenvalue weighted by Gasteiger charge is -2.28. The number of aromatic nitrogens is 2. The van der Waals surface area contributed by atoms with Crippen LogP contribution in [0.5, 0.6) is 0 Å². The quantitative estimate of drug-likeness (QED) is 0.760. The molecule has 1 rings (SSSR count). The molecule has 1 aromatic rings. The summed E-state index contributed by atoms with van der Waals surface area (Å²) in [6.45, 7) is 13.2. The highest BCUT2D eigenvalue weighted by Crippen LogP contribution is 2.26. The zero-order valence-corrected chi connectivity index (χ0v) is 14.8. The minimum absolute atomic E-state index is 0.221. The van der Waals surface area contributed by atoms with Gasteiger partial charge in [-0.2, -0.15) is 5.10 Å². The lowest BCUT2D eigenvalue weighted by Crippen LogP contribution is -2.32. The van der Waals surface area contributed by atoms with Gasteiger partial charge in [-0.15, -0.1) is 0 Å². The van der Waals surface area contributed by atoms with Crippen LogP contribution >= 0.6 is 0 Å². The second kappa shape index (κ2) is 8.42. The average molecular weight is 294 g/mol. The van der Waals surface area contributed by atoms with Gasteiger partial charge in [-0.25, -0.2) is 0 Å². The predicted octanol–water partition coefficient (Wildman–Crippen LogP) is 3.27. The van der Waals surface area contributed by atoms with Crippen molar-refractivity contribution in [3.63, 3.8) is 0 Å². The molecule has 1 aromatic heterocycles. The van der Waals surface area contributed by atoms with Crippen molar-refractivity contribution in [3.05, 3.63) is 11.3 Å². The Morgan fingerprint density at radius 2 is 1.76 bits per heavy atom. The van der Waals surface area contributed by atoms with Crippen molar-refractivity contribution in [2.24, 2.45) is 18.7 Å². The molecule has 0 saturated carbocycles. The summed E-state index contributed by atoms with van der Waals surface area (Å²) < 4.78 is 2.04. The first kappa shape index (κ1) is 18.0. The molecule has 2 N–H and O–H groups in total. The summed E-state index contributed by atoms with van der Waals surface area (Å²) in [6, 6.07) is 0.221. The molecule has 0 aromatic carbocycles. The highest BCUT2D eigenvalue weighted by Gasteiger charge is 2.21. The van der Waals surface area contributed by atoms with Crippen LogP contribution in [0, 0.1) is 12.8 Å². The SMILES string of the molecule is CCC(N)Cc1c(C)nn(C)c1N(CC)CC(CC)CC. The number of nitrogens with zero attached hydrogens (tertiary/aromatic N) is 3. The van der Waals surface area contributed by atoms with Crippen molar-refractivity contribution < 1.29 is 0 Å². The molecule has 122 valence electrons. The molecule has 0 aliphatic rings. The Balaban J connectivity index is 3.07. The summed E-state index contributed by atoms with van der Waals surface area (Å²) >= 11 is 0. The van der Waals surface area contributed by atoms with Crippen LogP contribution in [0.3, 0.4) is 0 Å². The lowest BCUT2D eigenvalue weighted by molar-refractivity contribution is 0.480. The average Bonchev–Trinajstić information content (AvgIpc) is 2.75. The van der Waals surface area contributed by atoms with Gasteiger partial charge in [-0.1, -0.05) is 33.6 Å². The van der Waals surface area contributed by atoms with Crippen LogP contribution in [0.1, 0.15) is 58.2 Å². The van der Waals surface area contributed by atoms with Crippen molar-refractivity contribution in [2.45, 2.75) is 66.3 Å². The molecule has 1 unspecified atom stereocenters. The maximum Gasteiger partial charge on any atom is 0.130 e. The first-order chi connectivity index (χ1) is 9.98. The van der Waals surface area contributed by atoms with Crippen molar-refractivity contribution in [1.82, 2.24) is 9.78 Å². The van der Waals surface area contributed by atoms with E-state index in [-0.39, 0.29) is 6.04 Å². The summed E-state index contributed by atoms with van der Waals surface area (Å²) in [4.78, 5) is 2.48. The fraction of sp³-hybridized carbons (Fsp3) is 0.824. The normalized spacial score (nSPS) is 13.0. The van der Waals surface area contributed by atoms with Crippen LogP contribution in [0.25, 0.3) is 0 Å². The molecule has 4 nitrogen and oxygen atoms in total. The molecule has 0 spiro atoms. The third kappa shape index (κ3) is 4.47. The van der Waals surface area contributed by atoms with Gasteiger partial charge in [0.2, 0.25) is 0 Å². The van der Waals surface area contributed by atoms with Crippen LogP contribution in [0.4, 0.5) is 5.82 Å². The number of hydrogen-bond donors (Lipinski definition) is 1. The Labute approximate surface area is 130 Å². The van der Waals surface area contributed by atoms with Crippen LogP contribution < -0.4 is 10.6 Å². The Morgan fingerprint density at radius 1 is 1.14 bits per heavy atom. The zero-order valence-electron chi connectivity index (χ0n) is 14.8. The number of nitrogens with two attached hydrogens (primary N) is 1. The van der Waals surface area contributed by atoms with E-state index in [4.69, 9.17) is 5.73 Å². The highest BCUT2D eigenvalue weighted by atomic mass is 15.4. The maximum absolute atomic E-state index is 6.19. The Bertz CT molecular complexity index is 421.